The predicted molar refractivity (Wildman–Crippen MR) is 40.5 cm³/mol. The lowest BCUT2D eigenvalue weighted by Gasteiger charge is -2.17. The van der Waals surface area contributed by atoms with E-state index >= 15 is 0 Å². The minimum atomic E-state index is -0.638. The molecule has 2 heterocycles. The highest BCUT2D eigenvalue weighted by Crippen LogP contribution is 2.28. The van der Waals surface area contributed by atoms with Crippen molar-refractivity contribution >= 4 is 6.09 Å². The molecule has 0 aromatic carbocycles. The summed E-state index contributed by atoms with van der Waals surface area (Å²) < 4.78 is 10.2. The third kappa shape index (κ3) is 0.958. The summed E-state index contributed by atoms with van der Waals surface area (Å²) >= 11 is 0. The summed E-state index contributed by atoms with van der Waals surface area (Å²) in [5, 5.41) is 2.58. The number of alkyl carbamates (subject to hydrolysis) is 1. The monoisotopic (exact) mass is 167 g/mol. The van der Waals surface area contributed by atoms with Crippen LogP contribution in [0.1, 0.15) is 12.7 Å². The van der Waals surface area contributed by atoms with E-state index in [1.54, 1.807) is 18.4 Å². The van der Waals surface area contributed by atoms with E-state index in [9.17, 15) is 4.79 Å². The number of carbonyl (C=O) groups is 1. The molecule has 0 radical (unpaired) electrons. The average Bonchev–Trinajstić information content (AvgIpc) is 2.59. The first-order valence-electron chi connectivity index (χ1n) is 3.71. The van der Waals surface area contributed by atoms with Crippen molar-refractivity contribution in [3.05, 3.63) is 24.2 Å². The maximum atomic E-state index is 10.8. The first kappa shape index (κ1) is 7.21. The lowest BCUT2D eigenvalue weighted by Crippen LogP contribution is -2.25. The number of carbonyl (C=O) groups excluding carboxylic acids is 1. The molecule has 1 aliphatic heterocycles. The second-order valence-electron chi connectivity index (χ2n) is 2.95. The molecule has 4 heteroatoms. The van der Waals surface area contributed by atoms with Gasteiger partial charge in [-0.3, -0.25) is 0 Å². The molecule has 1 aromatic rings. The van der Waals surface area contributed by atoms with Crippen LogP contribution in [0, 0.1) is 0 Å². The number of ether oxygens (including phenoxy) is 1. The standard InChI is InChI=1S/C8H9NO3/c1-8(5-9-7(10)12-8)6-3-2-4-11-6/h2-4H,5H2,1H3,(H,9,10). The molecule has 1 fully saturated rings. The SMILES string of the molecule is CC1(c2ccco2)CNC(=O)O1. The van der Waals surface area contributed by atoms with Gasteiger partial charge in [-0.2, -0.15) is 0 Å². The van der Waals surface area contributed by atoms with E-state index in [2.05, 4.69) is 5.32 Å². The molecule has 1 aromatic heterocycles. The van der Waals surface area contributed by atoms with Gasteiger partial charge < -0.3 is 14.5 Å². The van der Waals surface area contributed by atoms with Gasteiger partial charge in [0.2, 0.25) is 0 Å². The van der Waals surface area contributed by atoms with Gasteiger partial charge in [-0.1, -0.05) is 0 Å². The van der Waals surface area contributed by atoms with E-state index < -0.39 is 11.7 Å². The molecule has 1 aliphatic rings. The largest absolute Gasteiger partial charge is 0.465 e. The Morgan fingerprint density at radius 3 is 3.00 bits per heavy atom. The van der Waals surface area contributed by atoms with Crippen molar-refractivity contribution < 1.29 is 13.9 Å². The fourth-order valence-corrected chi connectivity index (χ4v) is 1.23. The second-order valence-corrected chi connectivity index (χ2v) is 2.95. The van der Waals surface area contributed by atoms with Crippen molar-refractivity contribution in [2.24, 2.45) is 0 Å². The molecular formula is C8H9NO3. The summed E-state index contributed by atoms with van der Waals surface area (Å²) in [7, 11) is 0. The Kier molecular flexibility index (Phi) is 1.36. The van der Waals surface area contributed by atoms with Gasteiger partial charge in [0.1, 0.15) is 5.76 Å². The van der Waals surface area contributed by atoms with Crippen LogP contribution in [0.2, 0.25) is 0 Å². The molecule has 64 valence electrons. The number of hydrogen-bond donors (Lipinski definition) is 1. The summed E-state index contributed by atoms with van der Waals surface area (Å²) in [6.07, 6.45) is 1.17. The van der Waals surface area contributed by atoms with E-state index in [1.165, 1.54) is 0 Å². The van der Waals surface area contributed by atoms with Crippen molar-refractivity contribution in [3.8, 4) is 0 Å². The molecular weight excluding hydrogens is 158 g/mol. The van der Waals surface area contributed by atoms with Gasteiger partial charge in [-0.25, -0.2) is 4.79 Å². The first-order valence-corrected chi connectivity index (χ1v) is 3.71. The van der Waals surface area contributed by atoms with Crippen LogP contribution in [0.3, 0.4) is 0 Å². The van der Waals surface area contributed by atoms with E-state index in [4.69, 9.17) is 9.15 Å². The highest BCUT2D eigenvalue weighted by molar-refractivity contribution is 5.70. The van der Waals surface area contributed by atoms with Gasteiger partial charge in [-0.15, -0.1) is 0 Å². The van der Waals surface area contributed by atoms with Crippen LogP contribution >= 0.6 is 0 Å². The summed E-state index contributed by atoms with van der Waals surface area (Å²) in [5.41, 5.74) is -0.638. The van der Waals surface area contributed by atoms with Gasteiger partial charge in [-0.05, 0) is 19.1 Å². The molecule has 1 N–H and O–H groups in total. The maximum absolute atomic E-state index is 10.8. The number of nitrogens with one attached hydrogen (secondary N) is 1. The molecule has 0 saturated carbocycles. The number of amides is 1. The van der Waals surface area contributed by atoms with Crippen LogP contribution in [-0.2, 0) is 10.3 Å². The molecule has 1 atom stereocenters. The lowest BCUT2D eigenvalue weighted by atomic mass is 10.1. The highest BCUT2D eigenvalue weighted by atomic mass is 16.6. The molecule has 0 spiro atoms. The summed E-state index contributed by atoms with van der Waals surface area (Å²) in [4.78, 5) is 10.8. The Morgan fingerprint density at radius 1 is 1.67 bits per heavy atom. The van der Waals surface area contributed by atoms with E-state index in [0.717, 1.165) is 0 Å². The van der Waals surface area contributed by atoms with Crippen LogP contribution in [0.15, 0.2) is 22.8 Å². The number of furan rings is 1. The Morgan fingerprint density at radius 2 is 2.50 bits per heavy atom. The Balaban J connectivity index is 2.28. The second kappa shape index (κ2) is 2.27. The minimum absolute atomic E-state index is 0.395. The van der Waals surface area contributed by atoms with Gasteiger partial charge in [0.25, 0.3) is 0 Å². The lowest BCUT2D eigenvalue weighted by molar-refractivity contribution is 0.0520. The number of rotatable bonds is 1. The summed E-state index contributed by atoms with van der Waals surface area (Å²) in [6.45, 7) is 2.27. The fraction of sp³-hybridized carbons (Fsp3) is 0.375. The number of cyclic esters (lactones) is 1. The molecule has 4 nitrogen and oxygen atoms in total. The van der Waals surface area contributed by atoms with Crippen molar-refractivity contribution in [1.29, 1.82) is 0 Å². The predicted octanol–water partition coefficient (Wildman–Crippen LogP) is 1.23. The molecule has 2 rings (SSSR count). The highest BCUT2D eigenvalue weighted by Gasteiger charge is 2.39. The number of hydrogen-bond acceptors (Lipinski definition) is 3. The first-order chi connectivity index (χ1) is 5.71. The zero-order valence-corrected chi connectivity index (χ0v) is 6.66. The van der Waals surface area contributed by atoms with Crippen molar-refractivity contribution in [2.75, 3.05) is 6.54 Å². The van der Waals surface area contributed by atoms with Gasteiger partial charge in [0.05, 0.1) is 12.8 Å². The van der Waals surface area contributed by atoms with Gasteiger partial charge in [0, 0.05) is 0 Å². The minimum Gasteiger partial charge on any atom is -0.465 e. The van der Waals surface area contributed by atoms with Crippen molar-refractivity contribution in [3.63, 3.8) is 0 Å². The van der Waals surface area contributed by atoms with E-state index in [-0.39, 0.29) is 0 Å². The smallest absolute Gasteiger partial charge is 0.408 e. The van der Waals surface area contributed by atoms with Crippen LogP contribution in [0.4, 0.5) is 4.79 Å². The molecule has 1 amide bonds. The summed E-state index contributed by atoms with van der Waals surface area (Å²) in [5.74, 6) is 0.667. The summed E-state index contributed by atoms with van der Waals surface area (Å²) in [6, 6.07) is 3.56. The average molecular weight is 167 g/mol. The molecule has 0 aliphatic carbocycles. The Labute approximate surface area is 69.5 Å². The quantitative estimate of drug-likeness (QED) is 0.684. The molecule has 1 unspecified atom stereocenters. The van der Waals surface area contributed by atoms with E-state index in [0.29, 0.717) is 12.3 Å². The van der Waals surface area contributed by atoms with Crippen LogP contribution < -0.4 is 5.32 Å². The molecule has 0 bridgehead atoms. The van der Waals surface area contributed by atoms with Crippen LogP contribution in [0.25, 0.3) is 0 Å². The topological polar surface area (TPSA) is 51.5 Å². The Bertz CT molecular complexity index is 293. The van der Waals surface area contributed by atoms with E-state index in [1.807, 2.05) is 6.92 Å². The zero-order chi connectivity index (χ0) is 8.60. The molecule has 1 saturated heterocycles. The third-order valence-electron chi connectivity index (χ3n) is 1.93. The van der Waals surface area contributed by atoms with Gasteiger partial charge in [0.15, 0.2) is 5.60 Å². The zero-order valence-electron chi connectivity index (χ0n) is 6.66. The van der Waals surface area contributed by atoms with Crippen molar-refractivity contribution in [2.45, 2.75) is 12.5 Å². The van der Waals surface area contributed by atoms with Crippen LogP contribution in [-0.4, -0.2) is 12.6 Å². The fourth-order valence-electron chi connectivity index (χ4n) is 1.23. The normalized spacial score (nSPS) is 28.2. The van der Waals surface area contributed by atoms with Crippen LogP contribution in [0.5, 0.6) is 0 Å². The molecule has 12 heavy (non-hydrogen) atoms. The third-order valence-corrected chi connectivity index (χ3v) is 1.93. The van der Waals surface area contributed by atoms with Gasteiger partial charge >= 0.3 is 6.09 Å². The maximum Gasteiger partial charge on any atom is 0.408 e. The van der Waals surface area contributed by atoms with Crippen molar-refractivity contribution in [1.82, 2.24) is 5.32 Å². The Hall–Kier alpha value is -1.45.